The number of amides is 1. The molecule has 1 fully saturated rings. The number of likely N-dealkylation sites (N-methyl/N-ethyl adjacent to an activating group) is 1. The van der Waals surface area contributed by atoms with Crippen LogP contribution in [0.4, 0.5) is 5.69 Å². The Kier molecular flexibility index (Phi) is 5.36. The molecular formula is C19H22N4O4. The van der Waals surface area contributed by atoms with Gasteiger partial charge in [0.05, 0.1) is 17.7 Å². The molecule has 1 saturated heterocycles. The molecule has 8 heteroatoms. The SMILES string of the molecule is CN(C[C@]1(O)CCCN(c2ccnc3ccncc23)C1)C(=O)/C=C/C(=O)O. The highest BCUT2D eigenvalue weighted by Gasteiger charge is 2.35. The van der Waals surface area contributed by atoms with Crippen molar-refractivity contribution in [3.8, 4) is 0 Å². The largest absolute Gasteiger partial charge is 0.478 e. The number of anilines is 1. The number of fused-ring (bicyclic) bond motifs is 1. The average Bonchev–Trinajstić information content (AvgIpc) is 2.65. The minimum atomic E-state index is -1.18. The fourth-order valence-electron chi connectivity index (χ4n) is 3.49. The molecular weight excluding hydrogens is 348 g/mol. The molecule has 0 radical (unpaired) electrons. The molecule has 27 heavy (non-hydrogen) atoms. The van der Waals surface area contributed by atoms with E-state index in [9.17, 15) is 14.7 Å². The Labute approximate surface area is 156 Å². The van der Waals surface area contributed by atoms with Crippen LogP contribution in [-0.2, 0) is 9.59 Å². The van der Waals surface area contributed by atoms with Crippen molar-refractivity contribution in [2.75, 3.05) is 31.6 Å². The number of carboxylic acid groups (broad SMARTS) is 1. The van der Waals surface area contributed by atoms with E-state index in [0.29, 0.717) is 13.0 Å². The van der Waals surface area contributed by atoms with E-state index in [-0.39, 0.29) is 6.54 Å². The lowest BCUT2D eigenvalue weighted by Gasteiger charge is -2.42. The minimum absolute atomic E-state index is 0.119. The second-order valence-electron chi connectivity index (χ2n) is 6.84. The molecule has 1 aliphatic heterocycles. The Bertz CT molecular complexity index is 880. The summed E-state index contributed by atoms with van der Waals surface area (Å²) >= 11 is 0. The van der Waals surface area contributed by atoms with Gasteiger partial charge in [-0.05, 0) is 25.0 Å². The summed E-state index contributed by atoms with van der Waals surface area (Å²) in [6.45, 7) is 1.27. The van der Waals surface area contributed by atoms with E-state index in [1.807, 2.05) is 12.1 Å². The zero-order valence-electron chi connectivity index (χ0n) is 15.1. The van der Waals surface area contributed by atoms with Gasteiger partial charge in [0, 0.05) is 62.0 Å². The Balaban J connectivity index is 1.76. The molecule has 0 aromatic carbocycles. The molecule has 0 aliphatic carbocycles. The van der Waals surface area contributed by atoms with Gasteiger partial charge >= 0.3 is 5.97 Å². The monoisotopic (exact) mass is 370 g/mol. The number of aliphatic hydroxyl groups is 1. The smallest absolute Gasteiger partial charge is 0.328 e. The second kappa shape index (κ2) is 7.71. The number of aromatic nitrogens is 2. The van der Waals surface area contributed by atoms with E-state index in [4.69, 9.17) is 5.11 Å². The fourth-order valence-corrected chi connectivity index (χ4v) is 3.49. The fraction of sp³-hybridized carbons (Fsp3) is 0.368. The van der Waals surface area contributed by atoms with Crippen molar-refractivity contribution >= 4 is 28.5 Å². The lowest BCUT2D eigenvalue weighted by atomic mass is 9.91. The molecule has 3 rings (SSSR count). The van der Waals surface area contributed by atoms with Gasteiger partial charge in [0.2, 0.25) is 5.91 Å². The number of piperidine rings is 1. The average molecular weight is 370 g/mol. The van der Waals surface area contributed by atoms with Gasteiger partial charge in [0.1, 0.15) is 0 Å². The molecule has 0 bridgehead atoms. The number of pyridine rings is 2. The normalized spacial score (nSPS) is 20.1. The Morgan fingerprint density at radius 3 is 2.93 bits per heavy atom. The van der Waals surface area contributed by atoms with E-state index in [1.54, 1.807) is 25.6 Å². The quantitative estimate of drug-likeness (QED) is 0.758. The highest BCUT2D eigenvalue weighted by molar-refractivity contribution is 5.94. The van der Waals surface area contributed by atoms with Crippen molar-refractivity contribution in [2.24, 2.45) is 0 Å². The molecule has 8 nitrogen and oxygen atoms in total. The molecule has 2 N–H and O–H groups in total. The van der Waals surface area contributed by atoms with Crippen molar-refractivity contribution in [2.45, 2.75) is 18.4 Å². The summed E-state index contributed by atoms with van der Waals surface area (Å²) in [5.41, 5.74) is 0.700. The molecule has 142 valence electrons. The zero-order valence-corrected chi connectivity index (χ0v) is 15.1. The summed E-state index contributed by atoms with van der Waals surface area (Å²) in [4.78, 5) is 34.5. The molecule has 0 unspecified atom stereocenters. The van der Waals surface area contributed by atoms with Crippen LogP contribution in [0, 0.1) is 0 Å². The number of carbonyl (C=O) groups excluding carboxylic acids is 1. The summed E-state index contributed by atoms with van der Waals surface area (Å²) < 4.78 is 0. The summed E-state index contributed by atoms with van der Waals surface area (Å²) in [6.07, 6.45) is 8.31. The van der Waals surface area contributed by atoms with Crippen molar-refractivity contribution in [1.29, 1.82) is 0 Å². The summed E-state index contributed by atoms with van der Waals surface area (Å²) in [5.74, 6) is -1.64. The topological polar surface area (TPSA) is 107 Å². The molecule has 1 amide bonds. The van der Waals surface area contributed by atoms with E-state index in [1.165, 1.54) is 4.90 Å². The van der Waals surface area contributed by atoms with Gasteiger partial charge in [-0.1, -0.05) is 0 Å². The van der Waals surface area contributed by atoms with Gasteiger partial charge in [-0.15, -0.1) is 0 Å². The lowest BCUT2D eigenvalue weighted by molar-refractivity contribution is -0.132. The Morgan fingerprint density at radius 2 is 2.15 bits per heavy atom. The van der Waals surface area contributed by atoms with Crippen molar-refractivity contribution in [1.82, 2.24) is 14.9 Å². The van der Waals surface area contributed by atoms with Crippen LogP contribution in [0.15, 0.2) is 42.9 Å². The highest BCUT2D eigenvalue weighted by Crippen LogP contribution is 2.30. The van der Waals surface area contributed by atoms with Gasteiger partial charge in [0.25, 0.3) is 0 Å². The zero-order chi connectivity index (χ0) is 19.4. The van der Waals surface area contributed by atoms with Crippen LogP contribution in [0.1, 0.15) is 12.8 Å². The maximum Gasteiger partial charge on any atom is 0.328 e. The van der Waals surface area contributed by atoms with Gasteiger partial charge < -0.3 is 20.0 Å². The molecule has 2 aromatic heterocycles. The number of carbonyl (C=O) groups is 2. The van der Waals surface area contributed by atoms with E-state index in [0.717, 1.165) is 41.7 Å². The van der Waals surface area contributed by atoms with Gasteiger partial charge in [0.15, 0.2) is 0 Å². The van der Waals surface area contributed by atoms with E-state index >= 15 is 0 Å². The number of aliphatic carboxylic acids is 1. The first-order valence-electron chi connectivity index (χ1n) is 8.70. The van der Waals surface area contributed by atoms with Crippen LogP contribution in [0.3, 0.4) is 0 Å². The molecule has 2 aromatic rings. The lowest BCUT2D eigenvalue weighted by Crippen LogP contribution is -2.54. The van der Waals surface area contributed by atoms with Crippen LogP contribution in [0.25, 0.3) is 10.9 Å². The molecule has 3 heterocycles. The number of hydrogen-bond acceptors (Lipinski definition) is 6. The Hall–Kier alpha value is -3.00. The summed E-state index contributed by atoms with van der Waals surface area (Å²) in [5, 5.41) is 20.6. The Morgan fingerprint density at radius 1 is 1.33 bits per heavy atom. The number of hydrogen-bond donors (Lipinski definition) is 2. The van der Waals surface area contributed by atoms with Gasteiger partial charge in [-0.3, -0.25) is 14.8 Å². The first kappa shape index (κ1) is 18.8. The molecule has 1 atom stereocenters. The van der Waals surface area contributed by atoms with Crippen LogP contribution in [0.5, 0.6) is 0 Å². The predicted molar refractivity (Wildman–Crippen MR) is 100 cm³/mol. The van der Waals surface area contributed by atoms with Crippen LogP contribution >= 0.6 is 0 Å². The number of β-amino-alcohol motifs (C(OH)–C–C–N with tert-alkyl or cyclic N) is 1. The minimum Gasteiger partial charge on any atom is -0.478 e. The summed E-state index contributed by atoms with van der Waals surface area (Å²) in [7, 11) is 1.55. The highest BCUT2D eigenvalue weighted by atomic mass is 16.4. The first-order chi connectivity index (χ1) is 12.9. The van der Waals surface area contributed by atoms with Gasteiger partial charge in [-0.2, -0.15) is 0 Å². The molecule has 0 spiro atoms. The van der Waals surface area contributed by atoms with E-state index < -0.39 is 17.5 Å². The molecule has 0 saturated carbocycles. The first-order valence-corrected chi connectivity index (χ1v) is 8.70. The number of rotatable bonds is 5. The predicted octanol–water partition coefficient (Wildman–Crippen LogP) is 1.06. The third-order valence-corrected chi connectivity index (χ3v) is 4.69. The second-order valence-corrected chi connectivity index (χ2v) is 6.84. The number of nitrogens with zero attached hydrogens (tertiary/aromatic N) is 4. The van der Waals surface area contributed by atoms with Crippen LogP contribution in [-0.4, -0.2) is 69.2 Å². The van der Waals surface area contributed by atoms with Crippen LogP contribution in [0.2, 0.25) is 0 Å². The number of carboxylic acids is 1. The van der Waals surface area contributed by atoms with Gasteiger partial charge in [-0.25, -0.2) is 4.79 Å². The maximum absolute atomic E-state index is 12.0. The maximum atomic E-state index is 12.0. The third kappa shape index (κ3) is 4.40. The third-order valence-electron chi connectivity index (χ3n) is 4.69. The summed E-state index contributed by atoms with van der Waals surface area (Å²) in [6, 6.07) is 3.75. The van der Waals surface area contributed by atoms with Crippen molar-refractivity contribution in [3.05, 3.63) is 42.9 Å². The van der Waals surface area contributed by atoms with Crippen molar-refractivity contribution in [3.63, 3.8) is 0 Å². The van der Waals surface area contributed by atoms with Crippen LogP contribution < -0.4 is 4.90 Å². The van der Waals surface area contributed by atoms with E-state index in [2.05, 4.69) is 14.9 Å². The molecule has 1 aliphatic rings. The standard InChI is InChI=1S/C19H22N4O4/c1-22(17(24)3-4-18(25)26)12-19(27)7-2-10-23(13-19)16-6-9-21-15-5-8-20-11-14(15)16/h3-6,8-9,11,27H,2,7,10,12-13H2,1H3,(H,25,26)/b4-3+/t19-/m1/s1. The van der Waals surface area contributed by atoms with Crippen molar-refractivity contribution < 1.29 is 19.8 Å².